The summed E-state index contributed by atoms with van der Waals surface area (Å²) in [6, 6.07) is -1.42. The van der Waals surface area contributed by atoms with E-state index in [1.165, 1.54) is 0 Å². The van der Waals surface area contributed by atoms with Gasteiger partial charge in [-0.05, 0) is 12.8 Å². The van der Waals surface area contributed by atoms with Crippen LogP contribution >= 0.6 is 0 Å². The zero-order valence-electron chi connectivity index (χ0n) is 18.6. The number of carboxylic acid groups (broad SMARTS) is 1. The summed E-state index contributed by atoms with van der Waals surface area (Å²) in [6.45, 7) is -0.348. The number of hydrogen-bond acceptors (Lipinski definition) is 19. The third-order valence-electron chi connectivity index (χ3n) is 4.18. The molecule has 0 saturated heterocycles. The maximum absolute atomic E-state index is 12.0. The standard InChI is InChI=1S/C14H30N12O10/c15-5(10(29)33-19)23-4(9(27)28)2-1-3-26(8(18)13(32)36-22)14(24-6(16)11(30)34-20)25-7(17)12(31)35-21/h4-8,23H,1-3,15-22H2,(H,24,25)(H,27,28)/t4-,5?,6?,7?,8?/m0/s1. The molecule has 22 heteroatoms. The van der Waals surface area contributed by atoms with Gasteiger partial charge in [-0.15, -0.1) is 0 Å². The molecule has 5 atom stereocenters. The fraction of sp³-hybridized carbons (Fsp3) is 0.571. The molecule has 19 N–H and O–H groups in total. The highest BCUT2D eigenvalue weighted by molar-refractivity contribution is 5.91. The fourth-order valence-electron chi connectivity index (χ4n) is 2.40. The lowest BCUT2D eigenvalue weighted by Crippen LogP contribution is -2.61. The lowest BCUT2D eigenvalue weighted by molar-refractivity contribution is -0.150. The second-order valence-electron chi connectivity index (χ2n) is 6.58. The average Bonchev–Trinajstić information content (AvgIpc) is 2.86. The van der Waals surface area contributed by atoms with Crippen LogP contribution in [0.2, 0.25) is 0 Å². The molecule has 0 aromatic carbocycles. The van der Waals surface area contributed by atoms with Crippen LogP contribution < -0.4 is 57.2 Å². The molecule has 0 saturated carbocycles. The van der Waals surface area contributed by atoms with E-state index >= 15 is 0 Å². The van der Waals surface area contributed by atoms with E-state index in [-0.39, 0.29) is 19.4 Å². The number of carboxylic acids is 1. The number of nitrogens with one attached hydrogen (secondary N) is 2. The number of nitrogens with two attached hydrogens (primary N) is 8. The minimum Gasteiger partial charge on any atom is -0.480 e. The summed E-state index contributed by atoms with van der Waals surface area (Å²) in [5, 5.41) is 13.9. The molecule has 0 bridgehead atoms. The molecule has 206 valence electrons. The van der Waals surface area contributed by atoms with Crippen molar-refractivity contribution in [3.8, 4) is 0 Å². The van der Waals surface area contributed by atoms with Gasteiger partial charge in [0.2, 0.25) is 6.17 Å². The lowest BCUT2D eigenvalue weighted by Gasteiger charge is -2.32. The Hall–Kier alpha value is -3.74. The maximum Gasteiger partial charge on any atom is 0.364 e. The summed E-state index contributed by atoms with van der Waals surface area (Å²) < 4.78 is 0. The van der Waals surface area contributed by atoms with Gasteiger partial charge in [0.15, 0.2) is 24.5 Å². The van der Waals surface area contributed by atoms with Gasteiger partial charge in [0.1, 0.15) is 6.04 Å². The van der Waals surface area contributed by atoms with Crippen molar-refractivity contribution in [2.45, 2.75) is 43.5 Å². The Balaban J connectivity index is 6.01. The Bertz CT molecular complexity index is 813. The van der Waals surface area contributed by atoms with Crippen molar-refractivity contribution >= 4 is 35.8 Å². The number of aliphatic carboxylic acids is 1. The Morgan fingerprint density at radius 1 is 0.806 bits per heavy atom. The molecule has 0 rings (SSSR count). The summed E-state index contributed by atoms with van der Waals surface area (Å²) in [6.07, 6.45) is -7.28. The second-order valence-corrected chi connectivity index (χ2v) is 6.58. The molecule has 0 aliphatic rings. The molecule has 0 aliphatic carbocycles. The van der Waals surface area contributed by atoms with Crippen LogP contribution in [0.3, 0.4) is 0 Å². The number of aliphatic imine (C=N–C) groups is 1. The van der Waals surface area contributed by atoms with E-state index < -0.39 is 66.5 Å². The summed E-state index contributed by atoms with van der Waals surface area (Å²) in [5.41, 5.74) is 22.4. The molecule has 0 aromatic heterocycles. The van der Waals surface area contributed by atoms with E-state index in [1.807, 2.05) is 0 Å². The molecule has 22 nitrogen and oxygen atoms in total. The molecule has 0 amide bonds. The Morgan fingerprint density at radius 2 is 1.31 bits per heavy atom. The van der Waals surface area contributed by atoms with Crippen LogP contribution in [0.5, 0.6) is 0 Å². The highest BCUT2D eigenvalue weighted by Crippen LogP contribution is 2.07. The van der Waals surface area contributed by atoms with Crippen LogP contribution in [0.15, 0.2) is 4.99 Å². The minimum atomic E-state index is -1.82. The van der Waals surface area contributed by atoms with E-state index in [2.05, 4.69) is 35.0 Å². The summed E-state index contributed by atoms with van der Waals surface area (Å²) >= 11 is 0. The van der Waals surface area contributed by atoms with Crippen molar-refractivity contribution in [2.75, 3.05) is 6.54 Å². The largest absolute Gasteiger partial charge is 0.480 e. The lowest BCUT2D eigenvalue weighted by atomic mass is 10.1. The van der Waals surface area contributed by atoms with E-state index in [9.17, 15) is 29.1 Å². The number of hydrogen-bond donors (Lipinski definition) is 11. The molecule has 36 heavy (non-hydrogen) atoms. The van der Waals surface area contributed by atoms with Crippen molar-refractivity contribution in [3.63, 3.8) is 0 Å². The topological polar surface area (TPSA) is 390 Å². The van der Waals surface area contributed by atoms with Gasteiger partial charge in [-0.2, -0.15) is 23.6 Å². The van der Waals surface area contributed by atoms with Crippen molar-refractivity contribution in [1.82, 2.24) is 15.5 Å². The third kappa shape index (κ3) is 10.3. The summed E-state index contributed by atoms with van der Waals surface area (Å²) in [5.74, 6) is 12.2. The van der Waals surface area contributed by atoms with Crippen LogP contribution in [0.25, 0.3) is 0 Å². The van der Waals surface area contributed by atoms with Gasteiger partial charge in [0.05, 0.1) is 0 Å². The molecule has 4 unspecified atom stereocenters. The molecule has 0 aromatic rings. The number of guanidine groups is 1. The molecule has 0 spiro atoms. The highest BCUT2D eigenvalue weighted by Gasteiger charge is 2.31. The van der Waals surface area contributed by atoms with E-state index in [1.54, 1.807) is 0 Å². The van der Waals surface area contributed by atoms with Gasteiger partial charge >= 0.3 is 29.8 Å². The quantitative estimate of drug-likeness (QED) is 0.0432. The SMILES string of the molecule is NOC(=O)C(N)/N=C(/NC(N)C(=O)ON)N(CCC[C@H](NC(N)C(=O)ON)C(=O)O)C(N)C(=O)ON. The normalized spacial score (nSPS) is 15.4. The van der Waals surface area contributed by atoms with E-state index in [0.717, 1.165) is 4.90 Å². The first-order valence-electron chi connectivity index (χ1n) is 9.58. The highest BCUT2D eigenvalue weighted by atomic mass is 16.7. The van der Waals surface area contributed by atoms with Crippen LogP contribution in [-0.2, 0) is 43.3 Å². The van der Waals surface area contributed by atoms with Crippen molar-refractivity contribution in [3.05, 3.63) is 0 Å². The van der Waals surface area contributed by atoms with Crippen molar-refractivity contribution in [2.24, 2.45) is 51.5 Å². The van der Waals surface area contributed by atoms with Crippen molar-refractivity contribution in [1.29, 1.82) is 0 Å². The first-order chi connectivity index (χ1) is 16.8. The van der Waals surface area contributed by atoms with Crippen LogP contribution in [0, 0.1) is 0 Å². The first kappa shape index (κ1) is 32.3. The number of nitrogens with zero attached hydrogens (tertiary/aromatic N) is 2. The van der Waals surface area contributed by atoms with Gasteiger partial charge < -0.3 is 57.6 Å². The molecule has 0 heterocycles. The Labute approximate surface area is 202 Å². The fourth-order valence-corrected chi connectivity index (χ4v) is 2.40. The zero-order chi connectivity index (χ0) is 28.0. The Morgan fingerprint density at radius 3 is 1.78 bits per heavy atom. The smallest absolute Gasteiger partial charge is 0.364 e. The molecular formula is C14H30N12O10. The van der Waals surface area contributed by atoms with Gasteiger partial charge in [-0.3, -0.25) is 10.1 Å². The predicted octanol–water partition coefficient (Wildman–Crippen LogP) is -8.14. The molecule has 0 fully saturated rings. The molecular weight excluding hydrogens is 496 g/mol. The van der Waals surface area contributed by atoms with Gasteiger partial charge in [0.25, 0.3) is 0 Å². The number of carbonyl (C=O) groups excluding carboxylic acids is 4. The third-order valence-corrected chi connectivity index (χ3v) is 4.18. The maximum atomic E-state index is 12.0. The van der Waals surface area contributed by atoms with Crippen LogP contribution in [0.1, 0.15) is 12.8 Å². The Kier molecular flexibility index (Phi) is 14.4. The van der Waals surface area contributed by atoms with E-state index in [0.29, 0.717) is 0 Å². The first-order valence-corrected chi connectivity index (χ1v) is 9.58. The van der Waals surface area contributed by atoms with Crippen LogP contribution in [-0.4, -0.2) is 83.1 Å². The summed E-state index contributed by atoms with van der Waals surface area (Å²) in [4.78, 5) is 78.7. The average molecular weight is 526 g/mol. The summed E-state index contributed by atoms with van der Waals surface area (Å²) in [7, 11) is 0. The second kappa shape index (κ2) is 16.0. The van der Waals surface area contributed by atoms with Crippen LogP contribution in [0.4, 0.5) is 0 Å². The zero-order valence-corrected chi connectivity index (χ0v) is 18.6. The number of carbonyl (C=O) groups is 5. The van der Waals surface area contributed by atoms with Gasteiger partial charge in [-0.1, -0.05) is 0 Å². The number of rotatable bonds is 14. The van der Waals surface area contributed by atoms with E-state index in [4.69, 9.17) is 46.5 Å². The minimum absolute atomic E-state index is 0.131. The van der Waals surface area contributed by atoms with Gasteiger partial charge in [0, 0.05) is 6.54 Å². The monoisotopic (exact) mass is 526 g/mol. The predicted molar refractivity (Wildman–Crippen MR) is 114 cm³/mol. The molecule has 0 radical (unpaired) electrons. The van der Waals surface area contributed by atoms with Gasteiger partial charge in [-0.25, -0.2) is 24.2 Å². The molecule has 0 aliphatic heterocycles. The van der Waals surface area contributed by atoms with Crippen molar-refractivity contribution < 1.29 is 48.4 Å².